The van der Waals surface area contributed by atoms with Gasteiger partial charge in [-0.2, -0.15) is 0 Å². The maximum Gasteiger partial charge on any atom is 0.229 e. The number of rotatable bonds is 4. The second kappa shape index (κ2) is 5.85. The molecule has 114 valence electrons. The Morgan fingerprint density at radius 3 is 2.19 bits per heavy atom. The van der Waals surface area contributed by atoms with E-state index in [4.69, 9.17) is 4.74 Å². The lowest BCUT2D eigenvalue weighted by atomic mass is 9.81. The number of imide groups is 1. The molecule has 1 unspecified atom stereocenters. The van der Waals surface area contributed by atoms with Crippen molar-refractivity contribution in [2.75, 3.05) is 13.7 Å². The number of methoxy groups -OCH3 is 1. The fourth-order valence-corrected chi connectivity index (χ4v) is 2.52. The van der Waals surface area contributed by atoms with Crippen molar-refractivity contribution in [2.24, 2.45) is 5.41 Å². The predicted octanol–water partition coefficient (Wildman–Crippen LogP) is 1.90. The Balaban J connectivity index is 2.06. The average molecular weight is 291 g/mol. The first-order valence-corrected chi connectivity index (χ1v) is 6.97. The van der Waals surface area contributed by atoms with Gasteiger partial charge in [-0.1, -0.05) is 26.0 Å². The smallest absolute Gasteiger partial charge is 0.229 e. The van der Waals surface area contributed by atoms with Gasteiger partial charge in [0.05, 0.1) is 19.8 Å². The topological polar surface area (TPSA) is 66.8 Å². The molecule has 0 saturated carbocycles. The molecule has 21 heavy (non-hydrogen) atoms. The Hall–Kier alpha value is -1.88. The number of piperidine rings is 1. The van der Waals surface area contributed by atoms with Gasteiger partial charge in [-0.05, 0) is 23.1 Å². The van der Waals surface area contributed by atoms with Crippen LogP contribution in [0.4, 0.5) is 0 Å². The van der Waals surface area contributed by atoms with Crippen molar-refractivity contribution >= 4 is 11.8 Å². The van der Waals surface area contributed by atoms with Crippen LogP contribution >= 0.6 is 0 Å². The third-order valence-electron chi connectivity index (χ3n) is 3.72. The third kappa shape index (κ3) is 3.61. The van der Waals surface area contributed by atoms with Gasteiger partial charge < -0.3 is 9.84 Å². The second-order valence-electron chi connectivity index (χ2n) is 6.20. The van der Waals surface area contributed by atoms with E-state index in [9.17, 15) is 14.7 Å². The fourth-order valence-electron chi connectivity index (χ4n) is 2.52. The van der Waals surface area contributed by atoms with E-state index in [0.717, 1.165) is 0 Å². The number of carbonyl (C=O) groups is 2. The quantitative estimate of drug-likeness (QED) is 0.860. The van der Waals surface area contributed by atoms with Crippen molar-refractivity contribution in [3.8, 4) is 5.75 Å². The summed E-state index contributed by atoms with van der Waals surface area (Å²) in [5.41, 5.74) is 0.358. The summed E-state index contributed by atoms with van der Waals surface area (Å²) < 4.78 is 5.06. The summed E-state index contributed by atoms with van der Waals surface area (Å²) in [5.74, 6) is 0.255. The van der Waals surface area contributed by atoms with E-state index in [0.29, 0.717) is 24.2 Å². The highest BCUT2D eigenvalue weighted by molar-refractivity contribution is 5.98. The van der Waals surface area contributed by atoms with Crippen LogP contribution in [0, 0.1) is 5.41 Å². The van der Waals surface area contributed by atoms with E-state index in [2.05, 4.69) is 0 Å². The number of benzene rings is 1. The molecule has 1 saturated heterocycles. The molecule has 0 aliphatic carbocycles. The molecular weight excluding hydrogens is 270 g/mol. The van der Waals surface area contributed by atoms with E-state index < -0.39 is 6.10 Å². The first-order chi connectivity index (χ1) is 9.82. The molecule has 0 bridgehead atoms. The van der Waals surface area contributed by atoms with Crippen LogP contribution in [0.1, 0.15) is 38.4 Å². The molecule has 1 fully saturated rings. The molecule has 1 heterocycles. The molecule has 1 atom stereocenters. The van der Waals surface area contributed by atoms with Crippen LogP contribution in [0.15, 0.2) is 24.3 Å². The second-order valence-corrected chi connectivity index (χ2v) is 6.20. The van der Waals surface area contributed by atoms with Gasteiger partial charge >= 0.3 is 0 Å². The molecule has 1 aromatic rings. The number of carbonyl (C=O) groups excluding carboxylic acids is 2. The zero-order valence-corrected chi connectivity index (χ0v) is 12.6. The first kappa shape index (κ1) is 15.5. The van der Waals surface area contributed by atoms with Gasteiger partial charge in [0.2, 0.25) is 11.8 Å². The summed E-state index contributed by atoms with van der Waals surface area (Å²) in [6.07, 6.45) is -0.229. The van der Waals surface area contributed by atoms with Gasteiger partial charge in [0, 0.05) is 12.8 Å². The lowest BCUT2D eigenvalue weighted by Crippen LogP contribution is -2.47. The maximum atomic E-state index is 12.1. The number of amides is 2. The van der Waals surface area contributed by atoms with Gasteiger partial charge in [-0.25, -0.2) is 0 Å². The molecule has 0 spiro atoms. The number of aliphatic hydroxyl groups excluding tert-OH is 1. The highest BCUT2D eigenvalue weighted by Crippen LogP contribution is 2.32. The van der Waals surface area contributed by atoms with Crippen LogP contribution in [0.25, 0.3) is 0 Å². The maximum absolute atomic E-state index is 12.1. The lowest BCUT2D eigenvalue weighted by molar-refractivity contribution is -0.154. The number of hydrogen-bond donors (Lipinski definition) is 1. The van der Waals surface area contributed by atoms with Gasteiger partial charge in [-0.3, -0.25) is 14.5 Å². The van der Waals surface area contributed by atoms with Crippen molar-refractivity contribution in [3.05, 3.63) is 29.8 Å². The highest BCUT2D eigenvalue weighted by atomic mass is 16.5. The van der Waals surface area contributed by atoms with E-state index in [-0.39, 0.29) is 23.8 Å². The van der Waals surface area contributed by atoms with Crippen molar-refractivity contribution in [3.63, 3.8) is 0 Å². The van der Waals surface area contributed by atoms with Crippen molar-refractivity contribution < 1.29 is 19.4 Å². The number of nitrogens with zero attached hydrogens (tertiary/aromatic N) is 1. The average Bonchev–Trinajstić information content (AvgIpc) is 2.41. The number of likely N-dealkylation sites (tertiary alicyclic amines) is 1. The number of hydrogen-bond acceptors (Lipinski definition) is 4. The molecule has 0 aromatic heterocycles. The molecule has 2 rings (SSSR count). The molecule has 1 aromatic carbocycles. The van der Waals surface area contributed by atoms with Crippen LogP contribution < -0.4 is 4.74 Å². The molecular formula is C16H21NO4. The van der Waals surface area contributed by atoms with Gasteiger partial charge in [0.25, 0.3) is 0 Å². The largest absolute Gasteiger partial charge is 0.497 e. The molecule has 1 N–H and O–H groups in total. The molecule has 0 radical (unpaired) electrons. The summed E-state index contributed by atoms with van der Waals surface area (Å²) in [5, 5.41) is 10.2. The minimum absolute atomic E-state index is 0.0000749. The van der Waals surface area contributed by atoms with Gasteiger partial charge in [0.15, 0.2) is 0 Å². The Morgan fingerprint density at radius 2 is 1.71 bits per heavy atom. The van der Waals surface area contributed by atoms with Crippen LogP contribution in [-0.2, 0) is 9.59 Å². The SMILES string of the molecule is COc1ccc(C(O)CN2C(=O)CC(C)(C)CC2=O)cc1. The normalized spacial score (nSPS) is 19.5. The molecule has 2 amide bonds. The van der Waals surface area contributed by atoms with E-state index in [1.807, 2.05) is 13.8 Å². The van der Waals surface area contributed by atoms with E-state index in [1.165, 1.54) is 4.90 Å². The van der Waals surface area contributed by atoms with Gasteiger partial charge in [-0.15, -0.1) is 0 Å². The minimum atomic E-state index is -0.884. The third-order valence-corrected chi connectivity index (χ3v) is 3.72. The predicted molar refractivity (Wildman–Crippen MR) is 77.7 cm³/mol. The first-order valence-electron chi connectivity index (χ1n) is 6.97. The van der Waals surface area contributed by atoms with Gasteiger partial charge in [0.1, 0.15) is 5.75 Å². The molecule has 5 nitrogen and oxygen atoms in total. The Labute approximate surface area is 124 Å². The zero-order valence-electron chi connectivity index (χ0n) is 12.6. The summed E-state index contributed by atoms with van der Waals surface area (Å²) in [6, 6.07) is 6.93. The Morgan fingerprint density at radius 1 is 1.19 bits per heavy atom. The standard InChI is InChI=1S/C16H21NO4/c1-16(2)8-14(19)17(15(20)9-16)10-13(18)11-4-6-12(21-3)7-5-11/h4-7,13,18H,8-10H2,1-3H3. The van der Waals surface area contributed by atoms with Crippen LogP contribution in [-0.4, -0.2) is 35.5 Å². The van der Waals surface area contributed by atoms with Crippen molar-refractivity contribution in [1.82, 2.24) is 4.90 Å². The van der Waals surface area contributed by atoms with Crippen molar-refractivity contribution in [2.45, 2.75) is 32.8 Å². The van der Waals surface area contributed by atoms with Crippen LogP contribution in [0.2, 0.25) is 0 Å². The molecule has 1 aliphatic heterocycles. The lowest BCUT2D eigenvalue weighted by Gasteiger charge is -2.35. The van der Waals surface area contributed by atoms with E-state index in [1.54, 1.807) is 31.4 Å². The van der Waals surface area contributed by atoms with Crippen LogP contribution in [0.5, 0.6) is 5.75 Å². The zero-order chi connectivity index (χ0) is 15.6. The minimum Gasteiger partial charge on any atom is -0.497 e. The van der Waals surface area contributed by atoms with Crippen molar-refractivity contribution in [1.29, 1.82) is 0 Å². The van der Waals surface area contributed by atoms with Crippen LogP contribution in [0.3, 0.4) is 0 Å². The number of ether oxygens (including phenoxy) is 1. The Bertz CT molecular complexity index is 516. The summed E-state index contributed by atoms with van der Waals surface area (Å²) in [7, 11) is 1.57. The summed E-state index contributed by atoms with van der Waals surface area (Å²) >= 11 is 0. The molecule has 1 aliphatic rings. The summed E-state index contributed by atoms with van der Waals surface area (Å²) in [6.45, 7) is 3.81. The fraction of sp³-hybridized carbons (Fsp3) is 0.500. The Kier molecular flexibility index (Phi) is 4.32. The van der Waals surface area contributed by atoms with E-state index >= 15 is 0 Å². The number of aliphatic hydroxyl groups is 1. The monoisotopic (exact) mass is 291 g/mol. The summed E-state index contributed by atoms with van der Waals surface area (Å²) in [4.78, 5) is 25.3. The highest BCUT2D eigenvalue weighted by Gasteiger charge is 2.38. The molecule has 5 heteroatoms. The number of β-amino-alcohol motifs (C(OH)–C–C–N with tert-alkyl or cyclic N) is 1.